The number of nitrogens with zero attached hydrogens (tertiary/aromatic N) is 2. The van der Waals surface area contributed by atoms with Gasteiger partial charge < -0.3 is 10.0 Å². The van der Waals surface area contributed by atoms with Gasteiger partial charge in [-0.1, -0.05) is 0 Å². The molecule has 0 unspecified atom stereocenters. The minimum Gasteiger partial charge on any atom is -0.465 e. The maximum absolute atomic E-state index is 10.9. The predicted molar refractivity (Wildman–Crippen MR) is 71.2 cm³/mol. The Morgan fingerprint density at radius 1 is 1.29 bits per heavy atom. The number of carbonyl (C=O) groups is 1. The van der Waals surface area contributed by atoms with Crippen LogP contribution in [-0.2, 0) is 0 Å². The van der Waals surface area contributed by atoms with E-state index in [0.29, 0.717) is 5.69 Å². The van der Waals surface area contributed by atoms with Crippen molar-refractivity contribution in [1.29, 1.82) is 0 Å². The van der Waals surface area contributed by atoms with E-state index in [1.54, 1.807) is 7.05 Å². The van der Waals surface area contributed by atoms with Crippen molar-refractivity contribution in [1.82, 2.24) is 0 Å². The number of rotatable bonds is 4. The molecule has 0 fully saturated rings. The number of hydrogen-bond acceptors (Lipinski definition) is 2. The fraction of sp³-hybridized carbons (Fsp3) is 0.462. The largest absolute Gasteiger partial charge is 0.465 e. The van der Waals surface area contributed by atoms with Gasteiger partial charge in [-0.05, 0) is 44.5 Å². The first-order valence-corrected chi connectivity index (χ1v) is 5.83. The first-order valence-electron chi connectivity index (χ1n) is 5.83. The summed E-state index contributed by atoms with van der Waals surface area (Å²) in [5.41, 5.74) is 2.96. The van der Waals surface area contributed by atoms with Gasteiger partial charge in [-0.2, -0.15) is 0 Å². The minimum absolute atomic E-state index is 0.700. The van der Waals surface area contributed by atoms with Crippen molar-refractivity contribution in [3.8, 4) is 0 Å². The van der Waals surface area contributed by atoms with E-state index < -0.39 is 6.09 Å². The zero-order valence-electron chi connectivity index (χ0n) is 10.9. The molecular formula is C13H20N2O2. The molecule has 0 radical (unpaired) electrons. The average Bonchev–Trinajstić information content (AvgIpc) is 2.31. The number of benzene rings is 1. The number of amides is 1. The van der Waals surface area contributed by atoms with Crippen molar-refractivity contribution in [3.63, 3.8) is 0 Å². The highest BCUT2D eigenvalue weighted by atomic mass is 16.4. The molecule has 0 atom stereocenters. The van der Waals surface area contributed by atoms with Gasteiger partial charge in [0.05, 0.1) is 0 Å². The van der Waals surface area contributed by atoms with E-state index in [1.165, 1.54) is 4.90 Å². The van der Waals surface area contributed by atoms with E-state index >= 15 is 0 Å². The van der Waals surface area contributed by atoms with Crippen LogP contribution in [0.15, 0.2) is 18.2 Å². The van der Waals surface area contributed by atoms with Crippen molar-refractivity contribution in [2.45, 2.75) is 20.8 Å². The van der Waals surface area contributed by atoms with Gasteiger partial charge in [-0.15, -0.1) is 0 Å². The number of anilines is 2. The van der Waals surface area contributed by atoms with Crippen LogP contribution in [0.2, 0.25) is 0 Å². The Kier molecular flexibility index (Phi) is 4.37. The molecule has 0 aliphatic carbocycles. The van der Waals surface area contributed by atoms with Gasteiger partial charge in [0.15, 0.2) is 0 Å². The van der Waals surface area contributed by atoms with Crippen molar-refractivity contribution in [2.75, 3.05) is 29.9 Å². The summed E-state index contributed by atoms with van der Waals surface area (Å²) >= 11 is 0. The molecule has 0 aromatic heterocycles. The predicted octanol–water partition coefficient (Wildman–Crippen LogP) is 2.96. The fourth-order valence-corrected chi connectivity index (χ4v) is 1.88. The molecule has 1 aromatic rings. The average molecular weight is 236 g/mol. The first kappa shape index (κ1) is 13.4. The van der Waals surface area contributed by atoms with Crippen LogP contribution in [0.1, 0.15) is 19.4 Å². The van der Waals surface area contributed by atoms with E-state index in [4.69, 9.17) is 5.11 Å². The standard InChI is InChI=1S/C13H20N2O2/c1-5-15(6-2)12-8-7-11(9-10(12)3)14(4)13(16)17/h7-9H,5-6H2,1-4H3,(H,16,17). The summed E-state index contributed by atoms with van der Waals surface area (Å²) in [4.78, 5) is 14.3. The van der Waals surface area contributed by atoms with Crippen LogP contribution in [0.3, 0.4) is 0 Å². The summed E-state index contributed by atoms with van der Waals surface area (Å²) in [5, 5.41) is 8.91. The monoisotopic (exact) mass is 236 g/mol. The summed E-state index contributed by atoms with van der Waals surface area (Å²) in [5.74, 6) is 0. The zero-order chi connectivity index (χ0) is 13.0. The van der Waals surface area contributed by atoms with Crippen molar-refractivity contribution in [3.05, 3.63) is 23.8 Å². The topological polar surface area (TPSA) is 43.8 Å². The Morgan fingerprint density at radius 2 is 1.88 bits per heavy atom. The fourth-order valence-electron chi connectivity index (χ4n) is 1.88. The summed E-state index contributed by atoms with van der Waals surface area (Å²) in [6.45, 7) is 8.13. The maximum Gasteiger partial charge on any atom is 0.411 e. The molecule has 1 N–H and O–H groups in total. The molecule has 0 bridgehead atoms. The van der Waals surface area contributed by atoms with Crippen LogP contribution < -0.4 is 9.80 Å². The number of carboxylic acid groups (broad SMARTS) is 1. The van der Waals surface area contributed by atoms with Crippen molar-refractivity contribution in [2.24, 2.45) is 0 Å². The van der Waals surface area contributed by atoms with Gasteiger partial charge in [0, 0.05) is 31.5 Å². The molecule has 0 spiro atoms. The molecule has 1 amide bonds. The lowest BCUT2D eigenvalue weighted by Crippen LogP contribution is -2.25. The Hall–Kier alpha value is -1.71. The van der Waals surface area contributed by atoms with Gasteiger partial charge in [0.25, 0.3) is 0 Å². The Bertz CT molecular complexity index is 400. The smallest absolute Gasteiger partial charge is 0.411 e. The summed E-state index contributed by atoms with van der Waals surface area (Å²) in [7, 11) is 1.55. The highest BCUT2D eigenvalue weighted by Gasteiger charge is 2.11. The molecular weight excluding hydrogens is 216 g/mol. The molecule has 1 rings (SSSR count). The lowest BCUT2D eigenvalue weighted by Gasteiger charge is -2.24. The maximum atomic E-state index is 10.9. The molecule has 0 aliphatic heterocycles. The van der Waals surface area contributed by atoms with Crippen LogP contribution in [0.5, 0.6) is 0 Å². The molecule has 17 heavy (non-hydrogen) atoms. The van der Waals surface area contributed by atoms with Crippen LogP contribution in [0, 0.1) is 6.92 Å². The summed E-state index contributed by atoms with van der Waals surface area (Å²) in [6, 6.07) is 5.73. The molecule has 4 nitrogen and oxygen atoms in total. The lowest BCUT2D eigenvalue weighted by molar-refractivity contribution is 0.203. The van der Waals surface area contributed by atoms with Gasteiger partial charge in [-0.3, -0.25) is 4.90 Å². The van der Waals surface area contributed by atoms with Crippen molar-refractivity contribution < 1.29 is 9.90 Å². The van der Waals surface area contributed by atoms with Gasteiger partial charge in [0.2, 0.25) is 0 Å². The second-order valence-electron chi connectivity index (χ2n) is 3.98. The molecule has 0 saturated heterocycles. The minimum atomic E-state index is -0.944. The van der Waals surface area contributed by atoms with Gasteiger partial charge in [0.1, 0.15) is 0 Å². The van der Waals surface area contributed by atoms with E-state index in [1.807, 2.05) is 25.1 Å². The SMILES string of the molecule is CCN(CC)c1ccc(N(C)C(=O)O)cc1C. The highest BCUT2D eigenvalue weighted by Crippen LogP contribution is 2.25. The van der Waals surface area contributed by atoms with Crippen molar-refractivity contribution >= 4 is 17.5 Å². The third-order valence-electron chi connectivity index (χ3n) is 2.96. The van der Waals surface area contributed by atoms with E-state index in [0.717, 1.165) is 24.3 Å². The van der Waals surface area contributed by atoms with Gasteiger partial charge in [-0.25, -0.2) is 4.79 Å². The summed E-state index contributed by atoms with van der Waals surface area (Å²) in [6.07, 6.45) is -0.944. The second kappa shape index (κ2) is 5.57. The lowest BCUT2D eigenvalue weighted by atomic mass is 10.1. The van der Waals surface area contributed by atoms with Crippen LogP contribution in [0.25, 0.3) is 0 Å². The molecule has 1 aromatic carbocycles. The van der Waals surface area contributed by atoms with Crippen LogP contribution in [-0.4, -0.2) is 31.3 Å². The van der Waals surface area contributed by atoms with E-state index in [2.05, 4.69) is 18.7 Å². The quantitative estimate of drug-likeness (QED) is 0.874. The Morgan fingerprint density at radius 3 is 2.29 bits per heavy atom. The molecule has 94 valence electrons. The molecule has 0 aliphatic rings. The number of aryl methyl sites for hydroxylation is 1. The van der Waals surface area contributed by atoms with Crippen LogP contribution in [0.4, 0.5) is 16.2 Å². The Labute approximate surface area is 102 Å². The first-order chi connectivity index (χ1) is 8.01. The van der Waals surface area contributed by atoms with E-state index in [-0.39, 0.29) is 0 Å². The second-order valence-corrected chi connectivity index (χ2v) is 3.98. The Balaban J connectivity index is 3.05. The van der Waals surface area contributed by atoms with Gasteiger partial charge >= 0.3 is 6.09 Å². The third-order valence-corrected chi connectivity index (χ3v) is 2.96. The number of hydrogen-bond donors (Lipinski definition) is 1. The normalized spacial score (nSPS) is 10.1. The summed E-state index contributed by atoms with van der Waals surface area (Å²) < 4.78 is 0. The molecule has 0 heterocycles. The third kappa shape index (κ3) is 2.90. The van der Waals surface area contributed by atoms with E-state index in [9.17, 15) is 4.79 Å². The highest BCUT2D eigenvalue weighted by molar-refractivity contribution is 5.86. The molecule has 0 saturated carbocycles. The van der Waals surface area contributed by atoms with Crippen LogP contribution >= 0.6 is 0 Å². The zero-order valence-corrected chi connectivity index (χ0v) is 10.9. The molecule has 4 heteroatoms.